The van der Waals surface area contributed by atoms with Crippen molar-refractivity contribution in [3.05, 3.63) is 70.8 Å². The first-order valence-corrected chi connectivity index (χ1v) is 9.49. The molecule has 0 saturated carbocycles. The highest BCUT2D eigenvalue weighted by atomic mass is 16.4. The fourth-order valence-electron chi connectivity index (χ4n) is 4.00. The Kier molecular flexibility index (Phi) is 4.86. The van der Waals surface area contributed by atoms with Crippen LogP contribution in [0.2, 0.25) is 0 Å². The smallest absolute Gasteiger partial charge is 0.312 e. The van der Waals surface area contributed by atoms with Crippen molar-refractivity contribution >= 4 is 17.8 Å². The van der Waals surface area contributed by atoms with Gasteiger partial charge in [-0.3, -0.25) is 14.4 Å². The maximum atomic E-state index is 13.0. The number of rotatable bonds is 4. The Morgan fingerprint density at radius 1 is 1.07 bits per heavy atom. The van der Waals surface area contributed by atoms with Crippen molar-refractivity contribution in [2.75, 3.05) is 13.1 Å². The predicted octanol–water partition coefficient (Wildman–Crippen LogP) is 2.63. The second kappa shape index (κ2) is 7.46. The number of hydrogen-bond donors (Lipinski definition) is 1. The topological polar surface area (TPSA) is 77.9 Å². The molecule has 4 rings (SSSR count). The van der Waals surface area contributed by atoms with Gasteiger partial charge in [-0.25, -0.2) is 0 Å². The molecule has 0 aromatic heterocycles. The summed E-state index contributed by atoms with van der Waals surface area (Å²) in [7, 11) is 0. The van der Waals surface area contributed by atoms with E-state index in [1.54, 1.807) is 17.0 Å². The van der Waals surface area contributed by atoms with E-state index in [0.717, 1.165) is 29.7 Å². The van der Waals surface area contributed by atoms with Crippen LogP contribution in [0.1, 0.15) is 45.8 Å². The molecule has 1 saturated heterocycles. The summed E-state index contributed by atoms with van der Waals surface area (Å²) in [6, 6.07) is 14.6. The van der Waals surface area contributed by atoms with Crippen LogP contribution in [-0.2, 0) is 22.7 Å². The van der Waals surface area contributed by atoms with Gasteiger partial charge in [0.05, 0.1) is 5.92 Å². The molecule has 1 unspecified atom stereocenters. The lowest BCUT2D eigenvalue weighted by atomic mass is 9.89. The van der Waals surface area contributed by atoms with E-state index in [4.69, 9.17) is 0 Å². The summed E-state index contributed by atoms with van der Waals surface area (Å²) < 4.78 is 0. The standard InChI is InChI=1S/C22H22N2O4/c25-20-6-3-11-23(20)12-15-7-9-16(10-8-15)21(26)24-13-17-4-1-2-5-18(17)19(14-24)22(27)28/h1-2,4-5,7-10,19H,3,6,11-14H2,(H,27,28). The Morgan fingerprint density at radius 3 is 2.50 bits per heavy atom. The minimum atomic E-state index is -0.921. The van der Waals surface area contributed by atoms with Crippen molar-refractivity contribution in [2.24, 2.45) is 0 Å². The van der Waals surface area contributed by atoms with Crippen LogP contribution in [0.4, 0.5) is 0 Å². The number of hydrogen-bond acceptors (Lipinski definition) is 3. The molecule has 2 aromatic rings. The third-order valence-electron chi connectivity index (χ3n) is 5.53. The predicted molar refractivity (Wildman–Crippen MR) is 103 cm³/mol. The Morgan fingerprint density at radius 2 is 1.82 bits per heavy atom. The van der Waals surface area contributed by atoms with E-state index < -0.39 is 11.9 Å². The minimum Gasteiger partial charge on any atom is -0.481 e. The van der Waals surface area contributed by atoms with E-state index in [2.05, 4.69) is 0 Å². The van der Waals surface area contributed by atoms with E-state index in [1.807, 2.05) is 41.3 Å². The largest absolute Gasteiger partial charge is 0.481 e. The van der Waals surface area contributed by atoms with Gasteiger partial charge in [-0.1, -0.05) is 36.4 Å². The van der Waals surface area contributed by atoms with Gasteiger partial charge in [-0.2, -0.15) is 0 Å². The fourth-order valence-corrected chi connectivity index (χ4v) is 4.00. The van der Waals surface area contributed by atoms with Gasteiger partial charge in [0.2, 0.25) is 5.91 Å². The van der Waals surface area contributed by atoms with Gasteiger partial charge >= 0.3 is 5.97 Å². The molecule has 144 valence electrons. The minimum absolute atomic E-state index is 0.162. The van der Waals surface area contributed by atoms with Gasteiger partial charge in [0, 0.05) is 38.2 Å². The number of benzene rings is 2. The molecule has 0 bridgehead atoms. The molecule has 2 aromatic carbocycles. The van der Waals surface area contributed by atoms with Crippen molar-refractivity contribution in [3.63, 3.8) is 0 Å². The number of aliphatic carboxylic acids is 1. The van der Waals surface area contributed by atoms with Crippen molar-refractivity contribution in [1.29, 1.82) is 0 Å². The lowest BCUT2D eigenvalue weighted by Crippen LogP contribution is -2.40. The molecule has 2 heterocycles. The van der Waals surface area contributed by atoms with Crippen LogP contribution >= 0.6 is 0 Å². The molecular formula is C22H22N2O4. The molecule has 2 aliphatic heterocycles. The summed E-state index contributed by atoms with van der Waals surface area (Å²) in [4.78, 5) is 39.8. The number of amides is 2. The molecule has 1 atom stereocenters. The van der Waals surface area contributed by atoms with E-state index >= 15 is 0 Å². The molecule has 1 fully saturated rings. The zero-order valence-electron chi connectivity index (χ0n) is 15.5. The number of carbonyl (C=O) groups is 3. The van der Waals surface area contributed by atoms with Crippen LogP contribution < -0.4 is 0 Å². The zero-order chi connectivity index (χ0) is 19.7. The number of carbonyl (C=O) groups excluding carboxylic acids is 2. The lowest BCUT2D eigenvalue weighted by Gasteiger charge is -2.33. The highest BCUT2D eigenvalue weighted by molar-refractivity contribution is 5.95. The van der Waals surface area contributed by atoms with Crippen molar-refractivity contribution in [3.8, 4) is 0 Å². The van der Waals surface area contributed by atoms with E-state index in [-0.39, 0.29) is 18.4 Å². The Hall–Kier alpha value is -3.15. The Labute approximate surface area is 163 Å². The summed E-state index contributed by atoms with van der Waals surface area (Å²) >= 11 is 0. The van der Waals surface area contributed by atoms with Crippen LogP contribution in [0.5, 0.6) is 0 Å². The third-order valence-corrected chi connectivity index (χ3v) is 5.53. The van der Waals surface area contributed by atoms with Gasteiger partial charge in [0.25, 0.3) is 5.91 Å². The number of carboxylic acids is 1. The molecule has 2 aliphatic rings. The van der Waals surface area contributed by atoms with Gasteiger partial charge in [0.1, 0.15) is 0 Å². The molecular weight excluding hydrogens is 356 g/mol. The summed E-state index contributed by atoms with van der Waals surface area (Å²) in [5.41, 5.74) is 3.17. The summed E-state index contributed by atoms with van der Waals surface area (Å²) in [5, 5.41) is 9.58. The normalized spacial score (nSPS) is 18.9. The van der Waals surface area contributed by atoms with Gasteiger partial charge in [-0.05, 0) is 35.2 Å². The fraction of sp³-hybridized carbons (Fsp3) is 0.318. The monoisotopic (exact) mass is 378 g/mol. The molecule has 1 N–H and O–H groups in total. The maximum Gasteiger partial charge on any atom is 0.312 e. The van der Waals surface area contributed by atoms with Gasteiger partial charge < -0.3 is 14.9 Å². The average molecular weight is 378 g/mol. The second-order valence-corrected chi connectivity index (χ2v) is 7.39. The third kappa shape index (κ3) is 3.50. The SMILES string of the molecule is O=C(O)C1CN(C(=O)c2ccc(CN3CCCC3=O)cc2)Cc2ccccc21. The summed E-state index contributed by atoms with van der Waals surface area (Å²) in [6.45, 7) is 1.91. The van der Waals surface area contributed by atoms with Gasteiger partial charge in [-0.15, -0.1) is 0 Å². The highest BCUT2D eigenvalue weighted by Gasteiger charge is 2.32. The van der Waals surface area contributed by atoms with Gasteiger partial charge in [0.15, 0.2) is 0 Å². The quantitative estimate of drug-likeness (QED) is 0.887. The number of fused-ring (bicyclic) bond motifs is 1. The van der Waals surface area contributed by atoms with Crippen molar-refractivity contribution < 1.29 is 19.5 Å². The van der Waals surface area contributed by atoms with Crippen LogP contribution in [-0.4, -0.2) is 45.8 Å². The molecule has 2 amide bonds. The number of likely N-dealkylation sites (tertiary alicyclic amines) is 1. The van der Waals surface area contributed by atoms with Crippen molar-refractivity contribution in [2.45, 2.75) is 31.8 Å². The first-order valence-electron chi connectivity index (χ1n) is 9.49. The second-order valence-electron chi connectivity index (χ2n) is 7.39. The molecule has 0 radical (unpaired) electrons. The van der Waals surface area contributed by atoms with Crippen LogP contribution in [0.25, 0.3) is 0 Å². The van der Waals surface area contributed by atoms with E-state index in [0.29, 0.717) is 25.1 Å². The Balaban J connectivity index is 1.50. The Bertz CT molecular complexity index is 922. The highest BCUT2D eigenvalue weighted by Crippen LogP contribution is 2.29. The maximum absolute atomic E-state index is 13.0. The molecule has 0 aliphatic carbocycles. The first kappa shape index (κ1) is 18.2. The molecule has 6 nitrogen and oxygen atoms in total. The molecule has 0 spiro atoms. The lowest BCUT2D eigenvalue weighted by molar-refractivity contribution is -0.139. The average Bonchev–Trinajstić information content (AvgIpc) is 3.11. The molecule has 28 heavy (non-hydrogen) atoms. The van der Waals surface area contributed by atoms with Crippen LogP contribution in [0, 0.1) is 0 Å². The molecule has 6 heteroatoms. The van der Waals surface area contributed by atoms with E-state index in [9.17, 15) is 19.5 Å². The summed E-state index contributed by atoms with van der Waals surface area (Å²) in [5.74, 6) is -1.64. The number of carboxylic acid groups (broad SMARTS) is 1. The number of nitrogens with zero attached hydrogens (tertiary/aromatic N) is 2. The van der Waals surface area contributed by atoms with E-state index in [1.165, 1.54) is 0 Å². The zero-order valence-corrected chi connectivity index (χ0v) is 15.5. The van der Waals surface area contributed by atoms with Crippen LogP contribution in [0.3, 0.4) is 0 Å². The summed E-state index contributed by atoms with van der Waals surface area (Å²) in [6.07, 6.45) is 1.51. The van der Waals surface area contributed by atoms with Crippen LogP contribution in [0.15, 0.2) is 48.5 Å². The van der Waals surface area contributed by atoms with Crippen molar-refractivity contribution in [1.82, 2.24) is 9.80 Å². The first-order chi connectivity index (χ1) is 13.5.